The van der Waals surface area contributed by atoms with E-state index in [-0.39, 0.29) is 6.42 Å². The molecular weight excluding hydrogens is 258 g/mol. The lowest BCUT2D eigenvalue weighted by Crippen LogP contribution is -2.30. The monoisotopic (exact) mass is 270 g/mol. The molecule has 0 atom stereocenters. The average Bonchev–Trinajstić information content (AvgIpc) is 2.81. The number of hydrogen-bond acceptors (Lipinski definition) is 5. The Bertz CT molecular complexity index is 415. The maximum absolute atomic E-state index is 10.4. The molecule has 0 aliphatic heterocycles. The molecule has 0 amide bonds. The Hall–Kier alpha value is -1.47. The summed E-state index contributed by atoms with van der Waals surface area (Å²) in [4.78, 5) is 11.4. The van der Waals surface area contributed by atoms with Gasteiger partial charge in [0.1, 0.15) is 0 Å². The third kappa shape index (κ3) is 4.92. The number of carboxylic acids is 1. The molecule has 0 spiro atoms. The summed E-state index contributed by atoms with van der Waals surface area (Å²) in [7, 11) is 1.68. The minimum absolute atomic E-state index is 0.0648. The van der Waals surface area contributed by atoms with Gasteiger partial charge < -0.3 is 15.2 Å². The van der Waals surface area contributed by atoms with Gasteiger partial charge in [-0.25, -0.2) is 0 Å². The Morgan fingerprint density at radius 3 is 2.88 bits per heavy atom. The van der Waals surface area contributed by atoms with Gasteiger partial charge in [-0.3, -0.25) is 5.43 Å². The number of carboxylic acid groups (broad SMARTS) is 1. The van der Waals surface area contributed by atoms with Crippen LogP contribution in [0, 0.1) is 0 Å². The van der Waals surface area contributed by atoms with Gasteiger partial charge in [-0.1, -0.05) is 6.07 Å². The van der Waals surface area contributed by atoms with E-state index in [1.807, 2.05) is 17.5 Å². The highest BCUT2D eigenvalue weighted by atomic mass is 32.1. The quantitative estimate of drug-likeness (QED) is 0.450. The van der Waals surface area contributed by atoms with Crippen LogP contribution in [0.1, 0.15) is 17.7 Å². The zero-order chi connectivity index (χ0) is 12.7. The summed E-state index contributed by atoms with van der Waals surface area (Å²) in [6.07, 6.45) is 0.243. The summed E-state index contributed by atoms with van der Waals surface area (Å²) in [5, 5.41) is 19.5. The fourth-order valence-corrected chi connectivity index (χ4v) is 1.86. The number of nitrogens with one attached hydrogen (secondary N) is 2. The van der Waals surface area contributed by atoms with Crippen molar-refractivity contribution in [1.82, 2.24) is 10.7 Å². The smallest absolute Gasteiger partial charge is 0.186 e. The first-order chi connectivity index (χ1) is 8.13. The summed E-state index contributed by atoms with van der Waals surface area (Å²) in [5.74, 6) is -1.09. The van der Waals surface area contributed by atoms with Gasteiger partial charge in [0.2, 0.25) is 0 Å². The molecule has 2 N–H and O–H groups in total. The van der Waals surface area contributed by atoms with E-state index in [0.717, 1.165) is 4.88 Å². The van der Waals surface area contributed by atoms with E-state index in [9.17, 15) is 9.90 Å². The molecule has 0 unspecified atom stereocenters. The number of hydrogen-bond donors (Lipinski definition) is 2. The standard InChI is InChI=1S/C10H13N3O2S2/c1-11-10(16)13-12-7(4-5-9(14)15)8-3-2-6-17-8/h2-3,6H,4-5H2,1H3,(H,14,15)(H2,11,13,16)/p-1/b12-7-. The van der Waals surface area contributed by atoms with Crippen LogP contribution < -0.4 is 15.8 Å². The molecule has 1 rings (SSSR count). The van der Waals surface area contributed by atoms with Crippen LogP contribution in [0.25, 0.3) is 0 Å². The zero-order valence-electron chi connectivity index (χ0n) is 9.23. The van der Waals surface area contributed by atoms with Crippen LogP contribution in [-0.2, 0) is 4.79 Å². The SMILES string of the molecule is CNC(=S)N/N=C(/CCC(=O)[O-])c1cccs1. The molecule has 17 heavy (non-hydrogen) atoms. The molecule has 92 valence electrons. The van der Waals surface area contributed by atoms with Crippen molar-refractivity contribution in [2.45, 2.75) is 12.8 Å². The lowest BCUT2D eigenvalue weighted by atomic mass is 10.2. The van der Waals surface area contributed by atoms with Crippen LogP contribution in [0.5, 0.6) is 0 Å². The highest BCUT2D eigenvalue weighted by Crippen LogP contribution is 2.13. The molecule has 5 nitrogen and oxygen atoms in total. The molecule has 0 aliphatic rings. The van der Waals surface area contributed by atoms with Crippen LogP contribution in [0.4, 0.5) is 0 Å². The summed E-state index contributed by atoms with van der Waals surface area (Å²) in [6, 6.07) is 3.76. The van der Waals surface area contributed by atoms with Crippen molar-refractivity contribution in [3.8, 4) is 0 Å². The molecule has 1 aromatic rings. The van der Waals surface area contributed by atoms with Crippen molar-refractivity contribution in [3.63, 3.8) is 0 Å². The number of rotatable bonds is 5. The second kappa shape index (κ2) is 6.97. The van der Waals surface area contributed by atoms with E-state index in [1.54, 1.807) is 7.05 Å². The lowest BCUT2D eigenvalue weighted by molar-refractivity contribution is -0.305. The second-order valence-electron chi connectivity index (χ2n) is 3.10. The van der Waals surface area contributed by atoms with E-state index < -0.39 is 5.97 Å². The third-order valence-electron chi connectivity index (χ3n) is 1.89. The molecule has 0 aromatic carbocycles. The van der Waals surface area contributed by atoms with Crippen molar-refractivity contribution in [2.75, 3.05) is 7.05 Å². The Labute approximate surface area is 109 Å². The molecule has 0 radical (unpaired) electrons. The van der Waals surface area contributed by atoms with Crippen molar-refractivity contribution in [3.05, 3.63) is 22.4 Å². The van der Waals surface area contributed by atoms with Crippen LogP contribution in [-0.4, -0.2) is 23.8 Å². The molecule has 1 aromatic heterocycles. The van der Waals surface area contributed by atoms with Crippen molar-refractivity contribution < 1.29 is 9.90 Å². The van der Waals surface area contributed by atoms with Crippen molar-refractivity contribution >= 4 is 40.3 Å². The first-order valence-electron chi connectivity index (χ1n) is 4.91. The Morgan fingerprint density at radius 1 is 1.59 bits per heavy atom. The average molecular weight is 270 g/mol. The largest absolute Gasteiger partial charge is 0.550 e. The number of thiocarbonyl (C=S) groups is 1. The number of aliphatic carboxylic acids is 1. The van der Waals surface area contributed by atoms with E-state index in [1.165, 1.54) is 11.3 Å². The van der Waals surface area contributed by atoms with Crippen molar-refractivity contribution in [2.24, 2.45) is 5.10 Å². The molecule has 1 heterocycles. The molecule has 0 aliphatic carbocycles. The van der Waals surface area contributed by atoms with Gasteiger partial charge in [0.05, 0.1) is 10.6 Å². The normalized spacial score (nSPS) is 11.0. The van der Waals surface area contributed by atoms with Gasteiger partial charge in [-0.05, 0) is 36.5 Å². The highest BCUT2D eigenvalue weighted by molar-refractivity contribution is 7.80. The molecule has 0 fully saturated rings. The second-order valence-corrected chi connectivity index (χ2v) is 4.45. The highest BCUT2D eigenvalue weighted by Gasteiger charge is 2.05. The van der Waals surface area contributed by atoms with E-state index in [0.29, 0.717) is 17.2 Å². The van der Waals surface area contributed by atoms with Crippen LogP contribution in [0.2, 0.25) is 0 Å². The van der Waals surface area contributed by atoms with Gasteiger partial charge in [0.15, 0.2) is 5.11 Å². The van der Waals surface area contributed by atoms with E-state index in [4.69, 9.17) is 12.2 Å². The minimum Gasteiger partial charge on any atom is -0.550 e. The van der Waals surface area contributed by atoms with Crippen LogP contribution in [0.3, 0.4) is 0 Å². The predicted molar refractivity (Wildman–Crippen MR) is 69.9 cm³/mol. The van der Waals surface area contributed by atoms with Crippen molar-refractivity contribution in [1.29, 1.82) is 0 Å². The Balaban J connectivity index is 2.72. The topological polar surface area (TPSA) is 76.5 Å². The maximum atomic E-state index is 10.4. The summed E-state index contributed by atoms with van der Waals surface area (Å²) < 4.78 is 0. The first kappa shape index (κ1) is 13.6. The van der Waals surface area contributed by atoms with Gasteiger partial charge in [0, 0.05) is 13.0 Å². The molecule has 7 heteroatoms. The van der Waals surface area contributed by atoms with Gasteiger partial charge in [-0.15, -0.1) is 11.3 Å². The Morgan fingerprint density at radius 2 is 2.35 bits per heavy atom. The summed E-state index contributed by atoms with van der Waals surface area (Å²) in [6.45, 7) is 0. The number of hydrazone groups is 1. The predicted octanol–water partition coefficient (Wildman–Crippen LogP) is 0.0762. The number of carbonyl (C=O) groups is 1. The summed E-state index contributed by atoms with van der Waals surface area (Å²) in [5.41, 5.74) is 3.30. The van der Waals surface area contributed by atoms with Gasteiger partial charge in [0.25, 0.3) is 0 Å². The summed E-state index contributed by atoms with van der Waals surface area (Å²) >= 11 is 6.38. The fraction of sp³-hybridized carbons (Fsp3) is 0.300. The lowest BCUT2D eigenvalue weighted by Gasteiger charge is -2.07. The third-order valence-corrected chi connectivity index (χ3v) is 3.11. The molecular formula is C10H12N3O2S2-. The van der Waals surface area contributed by atoms with Gasteiger partial charge >= 0.3 is 0 Å². The zero-order valence-corrected chi connectivity index (χ0v) is 10.9. The number of thiophene rings is 1. The fourth-order valence-electron chi connectivity index (χ4n) is 1.07. The molecule has 0 bridgehead atoms. The molecule has 0 saturated carbocycles. The Kier molecular flexibility index (Phi) is 5.58. The van der Waals surface area contributed by atoms with E-state index in [2.05, 4.69) is 15.8 Å². The van der Waals surface area contributed by atoms with Gasteiger partial charge in [-0.2, -0.15) is 5.10 Å². The maximum Gasteiger partial charge on any atom is 0.186 e. The number of carbonyl (C=O) groups excluding carboxylic acids is 1. The first-order valence-corrected chi connectivity index (χ1v) is 6.20. The minimum atomic E-state index is -1.09. The number of nitrogens with zero attached hydrogens (tertiary/aromatic N) is 1. The molecule has 0 saturated heterocycles. The van der Waals surface area contributed by atoms with Crippen LogP contribution in [0.15, 0.2) is 22.6 Å². The van der Waals surface area contributed by atoms with Crippen LogP contribution >= 0.6 is 23.6 Å². The van der Waals surface area contributed by atoms with E-state index >= 15 is 0 Å².